The first kappa shape index (κ1) is 18.2. The molecule has 0 bridgehead atoms. The number of nitrogens with zero attached hydrogens (tertiary/aromatic N) is 2. The van der Waals surface area contributed by atoms with Gasteiger partial charge in [-0.1, -0.05) is 11.8 Å². The number of amides is 2. The Morgan fingerprint density at radius 3 is 2.71 bits per heavy atom. The molecule has 1 aromatic heterocycles. The van der Waals surface area contributed by atoms with Crippen molar-refractivity contribution in [3.8, 4) is 0 Å². The molecule has 1 aliphatic rings. The molecular weight excluding hydrogens is 377 g/mol. The minimum absolute atomic E-state index is 0.111. The average Bonchev–Trinajstić information content (AvgIpc) is 2.83. The SMILES string of the molecule is CCN1C(=O)c2cccnc2Sc2cc(C(=O)Nc3ccc(F)cc3)ccc21. The van der Waals surface area contributed by atoms with Crippen LogP contribution in [0.5, 0.6) is 0 Å². The second kappa shape index (κ2) is 7.44. The van der Waals surface area contributed by atoms with Crippen LogP contribution in [0.15, 0.2) is 70.7 Å². The normalized spacial score (nSPS) is 12.8. The van der Waals surface area contributed by atoms with Crippen LogP contribution in [0.2, 0.25) is 0 Å². The van der Waals surface area contributed by atoms with Crippen molar-refractivity contribution in [2.75, 3.05) is 16.8 Å². The molecule has 0 saturated heterocycles. The highest BCUT2D eigenvalue weighted by Crippen LogP contribution is 2.40. The number of fused-ring (bicyclic) bond motifs is 2. The zero-order chi connectivity index (χ0) is 19.7. The predicted octanol–water partition coefficient (Wildman–Crippen LogP) is 4.60. The number of nitrogens with one attached hydrogen (secondary N) is 1. The van der Waals surface area contributed by atoms with Crippen LogP contribution in [0.4, 0.5) is 15.8 Å². The van der Waals surface area contributed by atoms with Crippen LogP contribution in [0.3, 0.4) is 0 Å². The number of hydrogen-bond donors (Lipinski definition) is 1. The summed E-state index contributed by atoms with van der Waals surface area (Å²) in [4.78, 5) is 32.3. The van der Waals surface area contributed by atoms with Crippen molar-refractivity contribution in [1.29, 1.82) is 0 Å². The molecule has 1 N–H and O–H groups in total. The Morgan fingerprint density at radius 2 is 1.96 bits per heavy atom. The van der Waals surface area contributed by atoms with E-state index in [-0.39, 0.29) is 17.6 Å². The maximum atomic E-state index is 13.0. The van der Waals surface area contributed by atoms with E-state index in [4.69, 9.17) is 0 Å². The van der Waals surface area contributed by atoms with Crippen molar-refractivity contribution in [3.05, 3.63) is 77.7 Å². The molecule has 0 spiro atoms. The topological polar surface area (TPSA) is 62.3 Å². The van der Waals surface area contributed by atoms with Gasteiger partial charge in [0.1, 0.15) is 10.8 Å². The third kappa shape index (κ3) is 3.36. The molecule has 2 amide bonds. The van der Waals surface area contributed by atoms with E-state index >= 15 is 0 Å². The van der Waals surface area contributed by atoms with Crippen LogP contribution >= 0.6 is 11.8 Å². The van der Waals surface area contributed by atoms with Crippen LogP contribution in [0, 0.1) is 5.82 Å². The van der Waals surface area contributed by atoms with E-state index in [0.29, 0.717) is 28.4 Å². The maximum absolute atomic E-state index is 13.0. The summed E-state index contributed by atoms with van der Waals surface area (Å²) >= 11 is 1.36. The van der Waals surface area contributed by atoms with Gasteiger partial charge in [0.05, 0.1) is 11.3 Å². The molecule has 5 nitrogen and oxygen atoms in total. The molecule has 4 rings (SSSR count). The van der Waals surface area contributed by atoms with Gasteiger partial charge in [0.2, 0.25) is 0 Å². The van der Waals surface area contributed by atoms with Gasteiger partial charge in [-0.15, -0.1) is 0 Å². The summed E-state index contributed by atoms with van der Waals surface area (Å²) in [6.07, 6.45) is 1.64. The predicted molar refractivity (Wildman–Crippen MR) is 107 cm³/mol. The van der Waals surface area contributed by atoms with E-state index in [9.17, 15) is 14.0 Å². The Morgan fingerprint density at radius 1 is 1.18 bits per heavy atom. The molecule has 1 aliphatic heterocycles. The lowest BCUT2D eigenvalue weighted by Gasteiger charge is -2.21. The lowest BCUT2D eigenvalue weighted by Crippen LogP contribution is -2.30. The second-order valence-corrected chi connectivity index (χ2v) is 7.18. The highest BCUT2D eigenvalue weighted by molar-refractivity contribution is 7.99. The minimum Gasteiger partial charge on any atom is -0.322 e. The van der Waals surface area contributed by atoms with Gasteiger partial charge in [0.25, 0.3) is 11.8 Å². The van der Waals surface area contributed by atoms with E-state index in [1.165, 1.54) is 36.0 Å². The molecule has 0 unspecified atom stereocenters. The molecule has 140 valence electrons. The second-order valence-electron chi connectivity index (χ2n) is 6.15. The Bertz CT molecular complexity index is 1070. The van der Waals surface area contributed by atoms with Gasteiger partial charge in [0, 0.05) is 28.9 Å². The third-order valence-corrected chi connectivity index (χ3v) is 5.45. The fraction of sp³-hybridized carbons (Fsp3) is 0.0952. The number of aromatic nitrogens is 1. The van der Waals surface area contributed by atoms with Crippen molar-refractivity contribution in [2.24, 2.45) is 0 Å². The van der Waals surface area contributed by atoms with E-state index in [0.717, 1.165) is 10.6 Å². The molecule has 0 saturated carbocycles. The number of halogens is 1. The van der Waals surface area contributed by atoms with Gasteiger partial charge in [-0.2, -0.15) is 0 Å². The maximum Gasteiger partial charge on any atom is 0.261 e. The first-order valence-corrected chi connectivity index (χ1v) is 9.54. The monoisotopic (exact) mass is 393 g/mol. The van der Waals surface area contributed by atoms with Crippen molar-refractivity contribution >= 4 is 35.0 Å². The fourth-order valence-electron chi connectivity index (χ4n) is 3.00. The van der Waals surface area contributed by atoms with E-state index < -0.39 is 0 Å². The molecular formula is C21H16FN3O2S. The number of hydrogen-bond acceptors (Lipinski definition) is 4. The molecule has 0 fully saturated rings. The molecule has 7 heteroatoms. The van der Waals surface area contributed by atoms with Crippen LogP contribution in [0.1, 0.15) is 27.6 Å². The number of anilines is 2. The van der Waals surface area contributed by atoms with E-state index in [1.54, 1.807) is 41.4 Å². The Kier molecular flexibility index (Phi) is 4.83. The van der Waals surface area contributed by atoms with Gasteiger partial charge >= 0.3 is 0 Å². The highest BCUT2D eigenvalue weighted by atomic mass is 32.2. The smallest absolute Gasteiger partial charge is 0.261 e. The lowest BCUT2D eigenvalue weighted by molar-refractivity contribution is 0.0984. The molecule has 28 heavy (non-hydrogen) atoms. The Hall–Kier alpha value is -3.19. The largest absolute Gasteiger partial charge is 0.322 e. The third-order valence-electron chi connectivity index (χ3n) is 4.38. The van der Waals surface area contributed by atoms with Gasteiger partial charge in [-0.3, -0.25) is 9.59 Å². The Labute approximate surface area is 165 Å². The van der Waals surface area contributed by atoms with Gasteiger partial charge in [-0.25, -0.2) is 9.37 Å². The standard InChI is InChI=1S/C21H16FN3O2S/c1-2-25-17-10-5-13(19(26)24-15-8-6-14(22)7-9-15)12-18(17)28-20-16(21(25)27)4-3-11-23-20/h3-12H,2H2,1H3,(H,24,26). The first-order valence-electron chi connectivity index (χ1n) is 8.72. The quantitative estimate of drug-likeness (QED) is 0.706. The van der Waals surface area contributed by atoms with Crippen molar-refractivity contribution in [1.82, 2.24) is 4.98 Å². The molecule has 2 aromatic carbocycles. The van der Waals surface area contributed by atoms with Gasteiger partial charge < -0.3 is 10.2 Å². The van der Waals surface area contributed by atoms with Crippen molar-refractivity contribution in [2.45, 2.75) is 16.8 Å². The van der Waals surface area contributed by atoms with E-state index in [1.807, 2.05) is 6.92 Å². The fourth-order valence-corrected chi connectivity index (χ4v) is 4.06. The lowest BCUT2D eigenvalue weighted by atomic mass is 10.1. The first-order chi connectivity index (χ1) is 13.6. The summed E-state index contributed by atoms with van der Waals surface area (Å²) in [6.45, 7) is 2.41. The molecule has 3 aromatic rings. The summed E-state index contributed by atoms with van der Waals surface area (Å²) < 4.78 is 13.0. The molecule has 2 heterocycles. The molecule has 0 atom stereocenters. The average molecular weight is 393 g/mol. The number of carbonyl (C=O) groups excluding carboxylic acids is 2. The minimum atomic E-state index is -0.366. The van der Waals surface area contributed by atoms with Crippen LogP contribution in [-0.2, 0) is 0 Å². The van der Waals surface area contributed by atoms with Crippen LogP contribution in [0.25, 0.3) is 0 Å². The van der Waals surface area contributed by atoms with Crippen LogP contribution < -0.4 is 10.2 Å². The van der Waals surface area contributed by atoms with Crippen LogP contribution in [-0.4, -0.2) is 23.3 Å². The molecule has 0 radical (unpaired) electrons. The van der Waals surface area contributed by atoms with Crippen molar-refractivity contribution < 1.29 is 14.0 Å². The summed E-state index contributed by atoms with van der Waals surface area (Å²) in [5.41, 5.74) is 2.24. The molecule has 0 aliphatic carbocycles. The van der Waals surface area contributed by atoms with Gasteiger partial charge in [-0.05, 0) is 61.5 Å². The number of rotatable bonds is 3. The van der Waals surface area contributed by atoms with E-state index in [2.05, 4.69) is 10.3 Å². The van der Waals surface area contributed by atoms with Crippen molar-refractivity contribution in [3.63, 3.8) is 0 Å². The number of benzene rings is 2. The summed E-state index contributed by atoms with van der Waals surface area (Å²) in [5, 5.41) is 3.36. The summed E-state index contributed by atoms with van der Waals surface area (Å²) in [6, 6.07) is 14.3. The number of carbonyl (C=O) groups is 2. The zero-order valence-corrected chi connectivity index (χ0v) is 15.8. The summed E-state index contributed by atoms with van der Waals surface area (Å²) in [7, 11) is 0. The summed E-state index contributed by atoms with van der Waals surface area (Å²) in [5.74, 6) is -0.787. The van der Waals surface area contributed by atoms with Gasteiger partial charge in [0.15, 0.2) is 0 Å². The zero-order valence-electron chi connectivity index (χ0n) is 15.0. The Balaban J connectivity index is 1.69. The number of pyridine rings is 1. The highest BCUT2D eigenvalue weighted by Gasteiger charge is 2.27.